The topological polar surface area (TPSA) is 53.1 Å². The number of anilines is 1. The number of hydrogen-bond donors (Lipinski definition) is 0. The van der Waals surface area contributed by atoms with Gasteiger partial charge in [0, 0.05) is 46.2 Å². The first-order valence-corrected chi connectivity index (χ1v) is 11.5. The van der Waals surface area contributed by atoms with Gasteiger partial charge in [0.25, 0.3) is 6.10 Å². The fourth-order valence-electron chi connectivity index (χ4n) is 5.40. The number of ether oxygens (including phenoxy) is 1. The first-order chi connectivity index (χ1) is 16.3. The Labute approximate surface area is 198 Å². The smallest absolute Gasteiger partial charge is 0.426 e. The minimum Gasteiger partial charge on any atom is -0.426 e. The van der Waals surface area contributed by atoms with E-state index in [0.29, 0.717) is 39.0 Å². The lowest BCUT2D eigenvalue weighted by atomic mass is 9.72. The third kappa shape index (κ3) is 5.36. The molecule has 3 aliphatic heterocycles. The van der Waals surface area contributed by atoms with Gasteiger partial charge < -0.3 is 14.5 Å². The van der Waals surface area contributed by atoms with Crippen LogP contribution < -0.4 is 4.90 Å². The van der Waals surface area contributed by atoms with Crippen molar-refractivity contribution in [3.05, 3.63) is 29.3 Å². The Morgan fingerprint density at radius 3 is 2.23 bits per heavy atom. The van der Waals surface area contributed by atoms with Crippen molar-refractivity contribution < 1.29 is 40.7 Å². The van der Waals surface area contributed by atoms with E-state index in [4.69, 9.17) is 0 Å². The molecule has 1 aromatic rings. The molecule has 194 valence electrons. The van der Waals surface area contributed by atoms with E-state index >= 15 is 0 Å². The Kier molecular flexibility index (Phi) is 6.71. The maximum atomic E-state index is 12.7. The number of aryl methyl sites for hydroxylation is 1. The number of amides is 2. The number of halogens is 6. The second-order valence-corrected chi connectivity index (χ2v) is 9.68. The summed E-state index contributed by atoms with van der Waals surface area (Å²) < 4.78 is 79.9. The molecule has 0 N–H and O–H groups in total. The SMILES string of the molecule is CC(=O)N1CCCc2cccc(CN3CC4(CCN(C(=O)OC(C(F)(F)F)C(F)(F)F)CC4)C3)c21. The van der Waals surface area contributed by atoms with Crippen LogP contribution in [0.2, 0.25) is 0 Å². The Morgan fingerprint density at radius 2 is 1.66 bits per heavy atom. The quantitative estimate of drug-likeness (QED) is 0.565. The molecule has 0 saturated carbocycles. The molecule has 0 aromatic heterocycles. The highest BCUT2D eigenvalue weighted by atomic mass is 19.4. The number of carbonyl (C=O) groups excluding carboxylic acids is 2. The molecule has 2 amide bonds. The summed E-state index contributed by atoms with van der Waals surface area (Å²) in [6, 6.07) is 6.01. The fourth-order valence-corrected chi connectivity index (χ4v) is 5.40. The second-order valence-electron chi connectivity index (χ2n) is 9.68. The standard InChI is InChI=1S/C23H27F6N3O3/c1-15(33)32-9-3-6-16-4-2-5-17(18(16)32)12-30-13-21(14-30)7-10-31(11-8-21)20(34)35-19(22(24,25)26)23(27,28)29/h2,4-5,19H,3,6-14H2,1H3. The number of para-hydroxylation sites is 1. The van der Waals surface area contributed by atoms with E-state index in [1.807, 2.05) is 23.1 Å². The average Bonchev–Trinajstić information content (AvgIpc) is 2.74. The van der Waals surface area contributed by atoms with Gasteiger partial charge >= 0.3 is 18.4 Å². The van der Waals surface area contributed by atoms with Crippen molar-refractivity contribution in [2.45, 2.75) is 57.6 Å². The highest BCUT2D eigenvalue weighted by Gasteiger charge is 2.60. The first-order valence-electron chi connectivity index (χ1n) is 11.5. The molecule has 0 atom stereocenters. The van der Waals surface area contributed by atoms with Crippen molar-refractivity contribution >= 4 is 17.7 Å². The van der Waals surface area contributed by atoms with Crippen LogP contribution in [0, 0.1) is 5.41 Å². The second kappa shape index (κ2) is 9.18. The lowest BCUT2D eigenvalue weighted by Gasteiger charge is -2.54. The lowest BCUT2D eigenvalue weighted by molar-refractivity contribution is -0.308. The van der Waals surface area contributed by atoms with Gasteiger partial charge in [-0.15, -0.1) is 0 Å². The summed E-state index contributed by atoms with van der Waals surface area (Å²) in [5.74, 6) is -0.00368. The van der Waals surface area contributed by atoms with Gasteiger partial charge in [0.05, 0.1) is 5.69 Å². The monoisotopic (exact) mass is 507 g/mol. The van der Waals surface area contributed by atoms with Gasteiger partial charge in [0.2, 0.25) is 5.91 Å². The third-order valence-electron chi connectivity index (χ3n) is 7.09. The third-order valence-corrected chi connectivity index (χ3v) is 7.09. The number of carbonyl (C=O) groups is 2. The van der Waals surface area contributed by atoms with Gasteiger partial charge in [-0.2, -0.15) is 26.3 Å². The molecule has 6 nitrogen and oxygen atoms in total. The van der Waals surface area contributed by atoms with Gasteiger partial charge in [0.1, 0.15) is 0 Å². The number of benzene rings is 1. The molecule has 2 fully saturated rings. The minimum atomic E-state index is -5.73. The normalized spacial score (nSPS) is 20.6. The molecular weight excluding hydrogens is 480 g/mol. The highest BCUT2D eigenvalue weighted by Crippen LogP contribution is 2.43. The molecule has 1 aromatic carbocycles. The van der Waals surface area contributed by atoms with Gasteiger partial charge in [-0.3, -0.25) is 9.69 Å². The predicted octanol–water partition coefficient (Wildman–Crippen LogP) is 4.51. The molecule has 12 heteroatoms. The van der Waals surface area contributed by atoms with E-state index in [0.717, 1.165) is 34.6 Å². The van der Waals surface area contributed by atoms with E-state index in [9.17, 15) is 35.9 Å². The van der Waals surface area contributed by atoms with Crippen LogP contribution in [-0.4, -0.2) is 73.0 Å². The van der Waals surface area contributed by atoms with Crippen LogP contribution in [0.5, 0.6) is 0 Å². The van der Waals surface area contributed by atoms with E-state index < -0.39 is 24.5 Å². The maximum absolute atomic E-state index is 12.7. The van der Waals surface area contributed by atoms with Crippen molar-refractivity contribution in [2.75, 3.05) is 37.6 Å². The number of fused-ring (bicyclic) bond motifs is 1. The zero-order valence-corrected chi connectivity index (χ0v) is 19.2. The molecule has 2 saturated heterocycles. The average molecular weight is 507 g/mol. The zero-order valence-electron chi connectivity index (χ0n) is 19.2. The number of alkyl halides is 6. The molecule has 0 radical (unpaired) electrons. The summed E-state index contributed by atoms with van der Waals surface area (Å²) in [6.45, 7) is 4.34. The molecule has 3 heterocycles. The van der Waals surface area contributed by atoms with E-state index in [-0.39, 0.29) is 24.4 Å². The summed E-state index contributed by atoms with van der Waals surface area (Å²) in [4.78, 5) is 29.1. The Morgan fingerprint density at radius 1 is 1.03 bits per heavy atom. The molecule has 0 unspecified atom stereocenters. The van der Waals surface area contributed by atoms with Crippen molar-refractivity contribution in [1.29, 1.82) is 0 Å². The Hall–Kier alpha value is -2.50. The molecule has 0 bridgehead atoms. The van der Waals surface area contributed by atoms with Gasteiger partial charge in [0.15, 0.2) is 0 Å². The summed E-state index contributed by atoms with van der Waals surface area (Å²) in [5.41, 5.74) is 3.02. The van der Waals surface area contributed by atoms with Crippen LogP contribution in [0.1, 0.15) is 37.3 Å². The van der Waals surface area contributed by atoms with Crippen molar-refractivity contribution in [3.8, 4) is 0 Å². The predicted molar refractivity (Wildman–Crippen MR) is 114 cm³/mol. The van der Waals surface area contributed by atoms with Crippen molar-refractivity contribution in [2.24, 2.45) is 5.41 Å². The molecule has 35 heavy (non-hydrogen) atoms. The number of nitrogens with zero attached hydrogens (tertiary/aromatic N) is 3. The Balaban J connectivity index is 1.32. The summed E-state index contributed by atoms with van der Waals surface area (Å²) in [6.07, 6.45) is -14.4. The van der Waals surface area contributed by atoms with Crippen molar-refractivity contribution in [1.82, 2.24) is 9.80 Å². The maximum Gasteiger partial charge on any atom is 0.434 e. The van der Waals surface area contributed by atoms with E-state index in [1.54, 1.807) is 6.92 Å². The van der Waals surface area contributed by atoms with E-state index in [1.165, 1.54) is 0 Å². The first kappa shape index (κ1) is 25.6. The Bertz CT molecular complexity index is 950. The largest absolute Gasteiger partial charge is 0.434 e. The van der Waals surface area contributed by atoms with Crippen LogP contribution in [0.3, 0.4) is 0 Å². The number of hydrogen-bond acceptors (Lipinski definition) is 4. The molecule has 3 aliphatic rings. The molecular formula is C23H27F6N3O3. The van der Waals surface area contributed by atoms with Crippen LogP contribution in [0.25, 0.3) is 0 Å². The van der Waals surface area contributed by atoms with Crippen LogP contribution in [-0.2, 0) is 22.5 Å². The summed E-state index contributed by atoms with van der Waals surface area (Å²) >= 11 is 0. The van der Waals surface area contributed by atoms with Crippen molar-refractivity contribution in [3.63, 3.8) is 0 Å². The van der Waals surface area contributed by atoms with Gasteiger partial charge in [-0.1, -0.05) is 18.2 Å². The molecule has 0 aliphatic carbocycles. The minimum absolute atomic E-state index is 0.00368. The van der Waals surface area contributed by atoms with E-state index in [2.05, 4.69) is 9.64 Å². The summed E-state index contributed by atoms with van der Waals surface area (Å²) in [5, 5.41) is 0. The van der Waals surface area contributed by atoms with Crippen LogP contribution >= 0.6 is 0 Å². The number of rotatable bonds is 3. The number of likely N-dealkylation sites (tertiary alicyclic amines) is 2. The van der Waals surface area contributed by atoms with Gasteiger partial charge in [-0.25, -0.2) is 4.79 Å². The lowest BCUT2D eigenvalue weighted by Crippen LogP contribution is -2.60. The number of piperidine rings is 1. The summed E-state index contributed by atoms with van der Waals surface area (Å²) in [7, 11) is 0. The highest BCUT2D eigenvalue weighted by molar-refractivity contribution is 5.93. The van der Waals surface area contributed by atoms with Crippen LogP contribution in [0.4, 0.5) is 36.8 Å². The van der Waals surface area contributed by atoms with Gasteiger partial charge in [-0.05, 0) is 42.2 Å². The zero-order chi connectivity index (χ0) is 25.6. The van der Waals surface area contributed by atoms with Crippen LogP contribution in [0.15, 0.2) is 18.2 Å². The fraction of sp³-hybridized carbons (Fsp3) is 0.652. The molecule has 1 spiro atoms. The molecule has 4 rings (SSSR count).